The maximum absolute atomic E-state index is 10.8. The minimum atomic E-state index is -1.15. The van der Waals surface area contributed by atoms with Gasteiger partial charge in [0, 0.05) is 6.07 Å². The zero-order valence-corrected chi connectivity index (χ0v) is 8.36. The Labute approximate surface area is 87.4 Å². The lowest BCUT2D eigenvalue weighted by Crippen LogP contribution is -2.01. The largest absolute Gasteiger partial charge is 0.507 e. The molecule has 2 N–H and O–H groups in total. The number of hydrogen-bond acceptors (Lipinski definition) is 3. The minimum Gasteiger partial charge on any atom is -0.507 e. The summed E-state index contributed by atoms with van der Waals surface area (Å²) in [4.78, 5) is 10.8. The van der Waals surface area contributed by atoms with Crippen molar-refractivity contribution in [3.05, 3.63) is 35.9 Å². The van der Waals surface area contributed by atoms with Gasteiger partial charge in [-0.1, -0.05) is 12.7 Å². The molecule has 1 rings (SSSR count). The van der Waals surface area contributed by atoms with E-state index in [0.29, 0.717) is 17.9 Å². The molecule has 1 aromatic rings. The highest BCUT2D eigenvalue weighted by atomic mass is 16.5. The van der Waals surface area contributed by atoms with Crippen LogP contribution in [-0.4, -0.2) is 22.8 Å². The molecule has 0 spiro atoms. The highest BCUT2D eigenvalue weighted by Gasteiger charge is 2.14. The number of aromatic carboxylic acids is 1. The molecule has 0 fully saturated rings. The van der Waals surface area contributed by atoms with Crippen LogP contribution in [0.1, 0.15) is 15.9 Å². The zero-order valence-electron chi connectivity index (χ0n) is 8.36. The Morgan fingerprint density at radius 2 is 2.27 bits per heavy atom. The molecule has 0 saturated heterocycles. The molecular formula is C11H12O4. The van der Waals surface area contributed by atoms with Crippen LogP contribution in [0.15, 0.2) is 24.8 Å². The standard InChI is InChI=1S/C11H12O4/c1-3-4-15-8-5-7(2)10(11(13)14)9(12)6-8/h3,5-6,12H,1,4H2,2H3,(H,13,14). The molecule has 0 aromatic heterocycles. The van der Waals surface area contributed by atoms with Gasteiger partial charge < -0.3 is 14.9 Å². The van der Waals surface area contributed by atoms with Crippen molar-refractivity contribution in [2.24, 2.45) is 0 Å². The van der Waals surface area contributed by atoms with Crippen LogP contribution in [0.4, 0.5) is 0 Å². The van der Waals surface area contributed by atoms with Gasteiger partial charge in [0.25, 0.3) is 0 Å². The van der Waals surface area contributed by atoms with E-state index in [9.17, 15) is 9.90 Å². The molecule has 0 aliphatic rings. The molecule has 0 aliphatic heterocycles. The number of aryl methyl sites for hydroxylation is 1. The van der Waals surface area contributed by atoms with Crippen LogP contribution in [0.5, 0.6) is 11.5 Å². The molecular weight excluding hydrogens is 196 g/mol. The van der Waals surface area contributed by atoms with Crippen LogP contribution in [0.2, 0.25) is 0 Å². The molecule has 0 amide bonds. The van der Waals surface area contributed by atoms with Gasteiger partial charge in [-0.25, -0.2) is 4.79 Å². The van der Waals surface area contributed by atoms with Gasteiger partial charge in [0.15, 0.2) is 0 Å². The molecule has 0 aliphatic carbocycles. The number of ether oxygens (including phenoxy) is 1. The fourth-order valence-electron chi connectivity index (χ4n) is 1.25. The molecule has 15 heavy (non-hydrogen) atoms. The van der Waals surface area contributed by atoms with Crippen LogP contribution in [-0.2, 0) is 0 Å². The van der Waals surface area contributed by atoms with Gasteiger partial charge in [-0.05, 0) is 18.6 Å². The van der Waals surface area contributed by atoms with E-state index in [0.717, 1.165) is 0 Å². The van der Waals surface area contributed by atoms with E-state index < -0.39 is 5.97 Å². The number of phenols is 1. The first-order valence-corrected chi connectivity index (χ1v) is 4.37. The van der Waals surface area contributed by atoms with E-state index in [-0.39, 0.29) is 11.3 Å². The summed E-state index contributed by atoms with van der Waals surface area (Å²) in [5.41, 5.74) is 0.363. The van der Waals surface area contributed by atoms with Gasteiger partial charge >= 0.3 is 5.97 Å². The second-order valence-corrected chi connectivity index (χ2v) is 3.04. The lowest BCUT2D eigenvalue weighted by atomic mass is 10.1. The lowest BCUT2D eigenvalue weighted by molar-refractivity contribution is 0.0693. The molecule has 0 radical (unpaired) electrons. The number of carboxylic acid groups (broad SMARTS) is 1. The summed E-state index contributed by atoms with van der Waals surface area (Å²) in [6, 6.07) is 2.84. The first kappa shape index (κ1) is 11.1. The number of carboxylic acids is 1. The lowest BCUT2D eigenvalue weighted by Gasteiger charge is -2.08. The van der Waals surface area contributed by atoms with Crippen molar-refractivity contribution in [3.63, 3.8) is 0 Å². The molecule has 0 atom stereocenters. The predicted octanol–water partition coefficient (Wildman–Crippen LogP) is 1.96. The monoisotopic (exact) mass is 208 g/mol. The summed E-state index contributed by atoms with van der Waals surface area (Å²) in [7, 11) is 0. The van der Waals surface area contributed by atoms with Gasteiger partial charge in [0.2, 0.25) is 0 Å². The average Bonchev–Trinajstić information content (AvgIpc) is 2.12. The van der Waals surface area contributed by atoms with Gasteiger partial charge in [-0.2, -0.15) is 0 Å². The van der Waals surface area contributed by atoms with E-state index in [1.807, 2.05) is 0 Å². The van der Waals surface area contributed by atoms with Crippen molar-refractivity contribution in [1.82, 2.24) is 0 Å². The quantitative estimate of drug-likeness (QED) is 0.742. The molecule has 0 heterocycles. The molecule has 4 heteroatoms. The fourth-order valence-corrected chi connectivity index (χ4v) is 1.25. The molecule has 0 saturated carbocycles. The summed E-state index contributed by atoms with van der Waals surface area (Å²) in [6.45, 7) is 5.40. The Bertz CT molecular complexity index is 373. The third-order valence-corrected chi connectivity index (χ3v) is 1.87. The van der Waals surface area contributed by atoms with E-state index in [2.05, 4.69) is 6.58 Å². The van der Waals surface area contributed by atoms with E-state index in [1.54, 1.807) is 19.1 Å². The number of hydrogen-bond donors (Lipinski definition) is 2. The van der Waals surface area contributed by atoms with Gasteiger partial charge in [0.1, 0.15) is 23.7 Å². The first-order valence-electron chi connectivity index (χ1n) is 4.37. The predicted molar refractivity (Wildman–Crippen MR) is 55.5 cm³/mol. The molecule has 0 bridgehead atoms. The second kappa shape index (κ2) is 4.50. The van der Waals surface area contributed by atoms with Gasteiger partial charge in [0.05, 0.1) is 0 Å². The van der Waals surface area contributed by atoms with Gasteiger partial charge in [-0.3, -0.25) is 0 Å². The third-order valence-electron chi connectivity index (χ3n) is 1.87. The van der Waals surface area contributed by atoms with Crippen molar-refractivity contribution in [1.29, 1.82) is 0 Å². The third kappa shape index (κ3) is 2.49. The number of aromatic hydroxyl groups is 1. The summed E-state index contributed by atoms with van der Waals surface area (Å²) < 4.78 is 5.18. The summed E-state index contributed by atoms with van der Waals surface area (Å²) >= 11 is 0. The van der Waals surface area contributed by atoms with Crippen LogP contribution < -0.4 is 4.74 Å². The number of carbonyl (C=O) groups is 1. The van der Waals surface area contributed by atoms with Crippen LogP contribution >= 0.6 is 0 Å². The minimum absolute atomic E-state index is 0.0963. The van der Waals surface area contributed by atoms with Crippen molar-refractivity contribution in [2.75, 3.05) is 6.61 Å². The van der Waals surface area contributed by atoms with Crippen molar-refractivity contribution in [2.45, 2.75) is 6.92 Å². The smallest absolute Gasteiger partial charge is 0.339 e. The zero-order chi connectivity index (χ0) is 11.4. The first-order chi connectivity index (χ1) is 7.06. The second-order valence-electron chi connectivity index (χ2n) is 3.04. The molecule has 80 valence electrons. The van der Waals surface area contributed by atoms with Crippen molar-refractivity contribution < 1.29 is 19.7 Å². The van der Waals surface area contributed by atoms with Crippen LogP contribution in [0.25, 0.3) is 0 Å². The maximum atomic E-state index is 10.8. The Hall–Kier alpha value is -1.97. The van der Waals surface area contributed by atoms with E-state index >= 15 is 0 Å². The molecule has 4 nitrogen and oxygen atoms in total. The summed E-state index contributed by atoms with van der Waals surface area (Å²) in [5.74, 6) is -1.02. The Morgan fingerprint density at radius 1 is 1.60 bits per heavy atom. The topological polar surface area (TPSA) is 66.8 Å². The van der Waals surface area contributed by atoms with Crippen molar-refractivity contribution in [3.8, 4) is 11.5 Å². The van der Waals surface area contributed by atoms with E-state index in [4.69, 9.17) is 9.84 Å². The average molecular weight is 208 g/mol. The van der Waals surface area contributed by atoms with Crippen LogP contribution in [0.3, 0.4) is 0 Å². The Kier molecular flexibility index (Phi) is 3.33. The summed E-state index contributed by atoms with van der Waals surface area (Å²) in [5, 5.41) is 18.3. The maximum Gasteiger partial charge on any atom is 0.339 e. The highest BCUT2D eigenvalue weighted by Crippen LogP contribution is 2.27. The Balaban J connectivity index is 3.07. The normalized spacial score (nSPS) is 9.67. The van der Waals surface area contributed by atoms with Crippen LogP contribution in [0, 0.1) is 6.92 Å². The number of rotatable bonds is 4. The van der Waals surface area contributed by atoms with Gasteiger partial charge in [-0.15, -0.1) is 0 Å². The van der Waals surface area contributed by atoms with Crippen molar-refractivity contribution >= 4 is 5.97 Å². The SMILES string of the molecule is C=CCOc1cc(C)c(C(=O)O)c(O)c1. The molecule has 1 aromatic carbocycles. The summed E-state index contributed by atoms with van der Waals surface area (Å²) in [6.07, 6.45) is 1.57. The number of benzene rings is 1. The van der Waals surface area contributed by atoms with E-state index in [1.165, 1.54) is 6.07 Å². The fraction of sp³-hybridized carbons (Fsp3) is 0.182. The Morgan fingerprint density at radius 3 is 2.73 bits per heavy atom. The molecule has 0 unspecified atom stereocenters. The highest BCUT2D eigenvalue weighted by molar-refractivity contribution is 5.92.